The first-order valence-corrected chi connectivity index (χ1v) is 6.47. The normalized spacial score (nSPS) is 15.5. The van der Waals surface area contributed by atoms with Gasteiger partial charge in [0, 0.05) is 12.1 Å². The average molecular weight is 222 g/mol. The van der Waals surface area contributed by atoms with Gasteiger partial charge in [-0.3, -0.25) is 0 Å². The summed E-state index contributed by atoms with van der Waals surface area (Å²) >= 11 is 0. The average Bonchev–Trinajstić information content (AvgIpc) is 1.95. The molecule has 0 aliphatic rings. The van der Waals surface area contributed by atoms with Gasteiger partial charge in [0.2, 0.25) is 10.0 Å². The smallest absolute Gasteiger partial charge is 0.215 e. The quantitative estimate of drug-likeness (QED) is 0.720. The molecule has 0 saturated heterocycles. The van der Waals surface area contributed by atoms with Crippen LogP contribution in [0.2, 0.25) is 0 Å². The second-order valence-corrected chi connectivity index (χ2v) is 6.61. The molecule has 0 spiro atoms. The molecule has 1 atom stereocenters. The summed E-state index contributed by atoms with van der Waals surface area (Å²) in [6.07, 6.45) is 0. The van der Waals surface area contributed by atoms with Crippen molar-refractivity contribution in [2.24, 2.45) is 0 Å². The maximum absolute atomic E-state index is 11.7. The summed E-state index contributed by atoms with van der Waals surface area (Å²) in [6, 6.07) is 0. The van der Waals surface area contributed by atoms with Crippen LogP contribution in [0.15, 0.2) is 0 Å². The van der Waals surface area contributed by atoms with E-state index in [0.717, 1.165) is 6.54 Å². The second-order valence-electron chi connectivity index (χ2n) is 4.52. The van der Waals surface area contributed by atoms with Gasteiger partial charge in [0.05, 0.1) is 5.25 Å². The van der Waals surface area contributed by atoms with Gasteiger partial charge in [-0.05, 0) is 34.2 Å². The molecule has 4 nitrogen and oxygen atoms in total. The SMILES string of the molecule is CCNCC(C)S(=O)(=O)NC(C)(C)C. The first kappa shape index (κ1) is 13.9. The highest BCUT2D eigenvalue weighted by molar-refractivity contribution is 7.90. The maximum atomic E-state index is 11.7. The lowest BCUT2D eigenvalue weighted by Crippen LogP contribution is -2.47. The molecule has 1 unspecified atom stereocenters. The van der Waals surface area contributed by atoms with Crippen molar-refractivity contribution < 1.29 is 8.42 Å². The predicted octanol–water partition coefficient (Wildman–Crippen LogP) is 0.702. The van der Waals surface area contributed by atoms with Crippen molar-refractivity contribution in [2.45, 2.75) is 45.4 Å². The lowest BCUT2D eigenvalue weighted by Gasteiger charge is -2.23. The van der Waals surface area contributed by atoms with Crippen LogP contribution in [-0.4, -0.2) is 32.3 Å². The molecule has 0 aromatic heterocycles. The van der Waals surface area contributed by atoms with Crippen molar-refractivity contribution in [3.63, 3.8) is 0 Å². The largest absolute Gasteiger partial charge is 0.316 e. The Morgan fingerprint density at radius 3 is 2.14 bits per heavy atom. The van der Waals surface area contributed by atoms with E-state index in [1.807, 2.05) is 27.7 Å². The van der Waals surface area contributed by atoms with Crippen LogP contribution in [0, 0.1) is 0 Å². The monoisotopic (exact) mass is 222 g/mol. The first-order valence-electron chi connectivity index (χ1n) is 4.92. The highest BCUT2D eigenvalue weighted by Crippen LogP contribution is 2.06. The van der Waals surface area contributed by atoms with Gasteiger partial charge in [0.15, 0.2) is 0 Å². The lowest BCUT2D eigenvalue weighted by molar-refractivity contribution is 0.482. The third kappa shape index (κ3) is 5.57. The van der Waals surface area contributed by atoms with Gasteiger partial charge in [-0.2, -0.15) is 0 Å². The Kier molecular flexibility index (Phi) is 5.05. The van der Waals surface area contributed by atoms with Crippen LogP contribution in [-0.2, 0) is 10.0 Å². The van der Waals surface area contributed by atoms with Gasteiger partial charge in [0.1, 0.15) is 0 Å². The van der Waals surface area contributed by atoms with E-state index in [1.54, 1.807) is 6.92 Å². The van der Waals surface area contributed by atoms with Crippen LogP contribution < -0.4 is 10.0 Å². The molecule has 2 N–H and O–H groups in total. The summed E-state index contributed by atoms with van der Waals surface area (Å²) in [4.78, 5) is 0. The third-order valence-corrected chi connectivity index (χ3v) is 3.78. The van der Waals surface area contributed by atoms with Crippen molar-refractivity contribution in [3.05, 3.63) is 0 Å². The molecular weight excluding hydrogens is 200 g/mol. The number of rotatable bonds is 5. The summed E-state index contributed by atoms with van der Waals surface area (Å²) in [5.41, 5.74) is -0.403. The van der Waals surface area contributed by atoms with E-state index in [9.17, 15) is 8.42 Å². The van der Waals surface area contributed by atoms with E-state index in [1.165, 1.54) is 0 Å². The Morgan fingerprint density at radius 2 is 1.79 bits per heavy atom. The Labute approximate surface area is 87.5 Å². The minimum atomic E-state index is -3.20. The summed E-state index contributed by atoms with van der Waals surface area (Å²) in [5, 5.41) is 2.62. The molecule has 0 fully saturated rings. The molecule has 0 bridgehead atoms. The van der Waals surface area contributed by atoms with Crippen LogP contribution in [0.3, 0.4) is 0 Å². The highest BCUT2D eigenvalue weighted by Gasteiger charge is 2.25. The van der Waals surface area contributed by atoms with E-state index in [0.29, 0.717) is 6.54 Å². The Bertz CT molecular complexity index is 254. The number of sulfonamides is 1. The summed E-state index contributed by atoms with van der Waals surface area (Å²) in [5.74, 6) is 0. The molecule has 0 aromatic rings. The van der Waals surface area contributed by atoms with E-state index in [2.05, 4.69) is 10.0 Å². The molecule has 5 heteroatoms. The van der Waals surface area contributed by atoms with Crippen molar-refractivity contribution in [2.75, 3.05) is 13.1 Å². The standard InChI is InChI=1S/C9H22N2O2S/c1-6-10-7-8(2)14(12,13)11-9(3,4)5/h8,10-11H,6-7H2,1-5H3. The minimum absolute atomic E-state index is 0.401. The second kappa shape index (κ2) is 5.09. The molecule has 0 saturated carbocycles. The Hall–Kier alpha value is -0.130. The van der Waals surface area contributed by atoms with Gasteiger partial charge in [-0.25, -0.2) is 13.1 Å². The van der Waals surface area contributed by atoms with E-state index < -0.39 is 20.8 Å². The topological polar surface area (TPSA) is 58.2 Å². The van der Waals surface area contributed by atoms with E-state index >= 15 is 0 Å². The zero-order valence-electron chi connectivity index (χ0n) is 9.72. The molecule has 86 valence electrons. The molecule has 14 heavy (non-hydrogen) atoms. The molecule has 0 aliphatic carbocycles. The van der Waals surface area contributed by atoms with Crippen LogP contribution in [0.5, 0.6) is 0 Å². The van der Waals surface area contributed by atoms with Gasteiger partial charge >= 0.3 is 0 Å². The van der Waals surface area contributed by atoms with Crippen LogP contribution in [0.25, 0.3) is 0 Å². The number of hydrogen-bond acceptors (Lipinski definition) is 3. The molecular formula is C9H22N2O2S. The lowest BCUT2D eigenvalue weighted by atomic mass is 10.1. The van der Waals surface area contributed by atoms with Gasteiger partial charge in [-0.1, -0.05) is 6.92 Å². The molecule has 0 aliphatic heterocycles. The zero-order chi connectivity index (χ0) is 11.4. The number of hydrogen-bond donors (Lipinski definition) is 2. The first-order chi connectivity index (χ1) is 6.19. The van der Waals surface area contributed by atoms with E-state index in [-0.39, 0.29) is 0 Å². The Balaban J connectivity index is 4.32. The van der Waals surface area contributed by atoms with Gasteiger partial charge in [-0.15, -0.1) is 0 Å². The Morgan fingerprint density at radius 1 is 1.29 bits per heavy atom. The summed E-state index contributed by atoms with van der Waals surface area (Å²) in [7, 11) is -3.20. The molecule has 0 rings (SSSR count). The summed E-state index contributed by atoms with van der Waals surface area (Å²) < 4.78 is 26.0. The predicted molar refractivity (Wildman–Crippen MR) is 59.8 cm³/mol. The van der Waals surface area contributed by atoms with Gasteiger partial charge < -0.3 is 5.32 Å². The van der Waals surface area contributed by atoms with Crippen molar-refractivity contribution in [3.8, 4) is 0 Å². The number of nitrogens with one attached hydrogen (secondary N) is 2. The highest BCUT2D eigenvalue weighted by atomic mass is 32.2. The van der Waals surface area contributed by atoms with Crippen LogP contribution >= 0.6 is 0 Å². The fraction of sp³-hybridized carbons (Fsp3) is 1.00. The van der Waals surface area contributed by atoms with Crippen molar-refractivity contribution in [1.82, 2.24) is 10.0 Å². The molecule has 0 radical (unpaired) electrons. The van der Waals surface area contributed by atoms with Crippen LogP contribution in [0.4, 0.5) is 0 Å². The molecule has 0 heterocycles. The maximum Gasteiger partial charge on any atom is 0.215 e. The molecule has 0 amide bonds. The fourth-order valence-corrected chi connectivity index (χ4v) is 2.38. The van der Waals surface area contributed by atoms with Crippen molar-refractivity contribution >= 4 is 10.0 Å². The fourth-order valence-electron chi connectivity index (χ4n) is 0.985. The van der Waals surface area contributed by atoms with Gasteiger partial charge in [0.25, 0.3) is 0 Å². The van der Waals surface area contributed by atoms with Crippen molar-refractivity contribution in [1.29, 1.82) is 0 Å². The molecule has 0 aromatic carbocycles. The van der Waals surface area contributed by atoms with Crippen LogP contribution in [0.1, 0.15) is 34.6 Å². The third-order valence-electron chi connectivity index (χ3n) is 1.66. The summed E-state index contributed by atoms with van der Waals surface area (Å²) in [6.45, 7) is 10.4. The van der Waals surface area contributed by atoms with E-state index in [4.69, 9.17) is 0 Å². The zero-order valence-corrected chi connectivity index (χ0v) is 10.5. The minimum Gasteiger partial charge on any atom is -0.316 e.